The van der Waals surface area contributed by atoms with E-state index < -0.39 is 17.0 Å². The van der Waals surface area contributed by atoms with Gasteiger partial charge in [-0.15, -0.1) is 0 Å². The Balaban J connectivity index is 1.67. The average molecular weight is 398 g/mol. The molecule has 0 aromatic heterocycles. The van der Waals surface area contributed by atoms with E-state index in [0.29, 0.717) is 4.91 Å². The second kappa shape index (κ2) is 7.18. The highest BCUT2D eigenvalue weighted by Gasteiger charge is 2.35. The van der Waals surface area contributed by atoms with Crippen LogP contribution in [0.4, 0.5) is 9.18 Å². The Labute approximate surface area is 164 Å². The molecule has 0 spiro atoms. The Bertz CT molecular complexity index is 1090. The van der Waals surface area contributed by atoms with Crippen molar-refractivity contribution in [3.05, 3.63) is 87.5 Å². The minimum atomic E-state index is -0.542. The first-order chi connectivity index (χ1) is 13.0. The quantitative estimate of drug-likeness (QED) is 0.519. The van der Waals surface area contributed by atoms with E-state index in [4.69, 9.17) is 11.6 Å². The Morgan fingerprint density at radius 1 is 1.00 bits per heavy atom. The van der Waals surface area contributed by atoms with E-state index in [2.05, 4.69) is 0 Å². The Morgan fingerprint density at radius 2 is 1.74 bits per heavy atom. The molecule has 1 aliphatic rings. The Kier molecular flexibility index (Phi) is 4.72. The molecule has 0 radical (unpaired) electrons. The summed E-state index contributed by atoms with van der Waals surface area (Å²) in [6.45, 7) is -0.191. The first-order valence-electron chi connectivity index (χ1n) is 8.20. The summed E-state index contributed by atoms with van der Waals surface area (Å²) in [6.07, 6.45) is 1.70. The van der Waals surface area contributed by atoms with Crippen LogP contribution < -0.4 is 0 Å². The molecule has 1 saturated heterocycles. The highest BCUT2D eigenvalue weighted by atomic mass is 35.5. The summed E-state index contributed by atoms with van der Waals surface area (Å²) < 4.78 is 14.0. The van der Waals surface area contributed by atoms with Crippen LogP contribution in [0, 0.1) is 5.82 Å². The molecule has 2 amide bonds. The molecule has 1 heterocycles. The van der Waals surface area contributed by atoms with Crippen molar-refractivity contribution in [1.29, 1.82) is 0 Å². The average Bonchev–Trinajstić information content (AvgIpc) is 2.92. The second-order valence-corrected chi connectivity index (χ2v) is 7.44. The van der Waals surface area contributed by atoms with Crippen LogP contribution >= 0.6 is 23.4 Å². The second-order valence-electron chi connectivity index (χ2n) is 6.04. The van der Waals surface area contributed by atoms with Crippen LogP contribution in [0.1, 0.15) is 11.1 Å². The van der Waals surface area contributed by atoms with Crippen LogP contribution in [0.25, 0.3) is 16.8 Å². The third kappa shape index (κ3) is 3.36. The SMILES string of the molecule is O=C1S/C(=C/c2cccc3ccccc23)C(=O)N1Cc1c(F)cccc1Cl. The van der Waals surface area contributed by atoms with Crippen LogP contribution in [0.15, 0.2) is 65.6 Å². The molecule has 134 valence electrons. The number of rotatable bonds is 3. The third-order valence-electron chi connectivity index (χ3n) is 4.36. The van der Waals surface area contributed by atoms with Crippen LogP contribution in [-0.4, -0.2) is 16.0 Å². The van der Waals surface area contributed by atoms with Crippen LogP contribution in [0.2, 0.25) is 5.02 Å². The van der Waals surface area contributed by atoms with Gasteiger partial charge in [0.05, 0.1) is 11.4 Å². The summed E-state index contributed by atoms with van der Waals surface area (Å²) in [5, 5.41) is 1.78. The molecule has 4 rings (SSSR count). The molecule has 0 saturated carbocycles. The topological polar surface area (TPSA) is 37.4 Å². The zero-order valence-corrected chi connectivity index (χ0v) is 15.6. The fourth-order valence-corrected chi connectivity index (χ4v) is 4.05. The molecule has 3 aromatic carbocycles. The molecular formula is C21H13ClFNO2S. The van der Waals surface area contributed by atoms with Crippen molar-refractivity contribution >= 4 is 51.4 Å². The number of nitrogens with zero attached hydrogens (tertiary/aromatic N) is 1. The summed E-state index contributed by atoms with van der Waals surface area (Å²) >= 11 is 6.87. The van der Waals surface area contributed by atoms with Crippen molar-refractivity contribution in [2.75, 3.05) is 0 Å². The van der Waals surface area contributed by atoms with Crippen molar-refractivity contribution < 1.29 is 14.0 Å². The number of imide groups is 1. The van der Waals surface area contributed by atoms with Crippen LogP contribution in [0.5, 0.6) is 0 Å². The maximum absolute atomic E-state index is 14.0. The lowest BCUT2D eigenvalue weighted by atomic mass is 10.0. The van der Waals surface area contributed by atoms with E-state index in [-0.39, 0.29) is 17.1 Å². The van der Waals surface area contributed by atoms with Gasteiger partial charge in [0.2, 0.25) is 0 Å². The van der Waals surface area contributed by atoms with Gasteiger partial charge in [0.15, 0.2) is 0 Å². The molecule has 27 heavy (non-hydrogen) atoms. The maximum Gasteiger partial charge on any atom is 0.293 e. The molecule has 3 aromatic rings. The summed E-state index contributed by atoms with van der Waals surface area (Å²) in [6, 6.07) is 17.9. The lowest BCUT2D eigenvalue weighted by Crippen LogP contribution is -2.28. The lowest BCUT2D eigenvalue weighted by molar-refractivity contribution is -0.123. The molecule has 0 aliphatic carbocycles. The number of hydrogen-bond acceptors (Lipinski definition) is 3. The number of carbonyl (C=O) groups is 2. The Morgan fingerprint density at radius 3 is 2.56 bits per heavy atom. The number of thioether (sulfide) groups is 1. The van der Waals surface area contributed by atoms with Gasteiger partial charge in [0.1, 0.15) is 5.82 Å². The molecule has 0 N–H and O–H groups in total. The number of amides is 2. The number of halogens is 2. The van der Waals surface area contributed by atoms with Gasteiger partial charge in [-0.1, -0.05) is 60.1 Å². The first-order valence-corrected chi connectivity index (χ1v) is 9.40. The molecule has 0 bridgehead atoms. The van der Waals surface area contributed by atoms with E-state index >= 15 is 0 Å². The summed E-state index contributed by atoms with van der Waals surface area (Å²) in [4.78, 5) is 26.4. The van der Waals surface area contributed by atoms with E-state index in [1.807, 2.05) is 42.5 Å². The van der Waals surface area contributed by atoms with Gasteiger partial charge in [-0.2, -0.15) is 0 Å². The van der Waals surface area contributed by atoms with Gasteiger partial charge >= 0.3 is 0 Å². The highest BCUT2D eigenvalue weighted by molar-refractivity contribution is 8.18. The fraction of sp³-hybridized carbons (Fsp3) is 0.0476. The van der Waals surface area contributed by atoms with E-state index in [1.54, 1.807) is 6.08 Å². The highest BCUT2D eigenvalue weighted by Crippen LogP contribution is 2.35. The molecule has 6 heteroatoms. The monoisotopic (exact) mass is 397 g/mol. The van der Waals surface area contributed by atoms with E-state index in [0.717, 1.165) is 33.0 Å². The van der Waals surface area contributed by atoms with E-state index in [9.17, 15) is 14.0 Å². The number of hydrogen-bond donors (Lipinski definition) is 0. The van der Waals surface area contributed by atoms with Crippen molar-refractivity contribution in [2.45, 2.75) is 6.54 Å². The molecule has 0 atom stereocenters. The molecule has 1 fully saturated rings. The van der Waals surface area contributed by atoms with Gasteiger partial charge in [-0.25, -0.2) is 4.39 Å². The number of fused-ring (bicyclic) bond motifs is 1. The zero-order chi connectivity index (χ0) is 19.0. The molecular weight excluding hydrogens is 385 g/mol. The van der Waals surface area contributed by atoms with Gasteiger partial charge in [0, 0.05) is 10.6 Å². The van der Waals surface area contributed by atoms with Crippen LogP contribution in [0.3, 0.4) is 0 Å². The minimum absolute atomic E-state index is 0.132. The predicted molar refractivity (Wildman–Crippen MR) is 107 cm³/mol. The normalized spacial score (nSPS) is 15.9. The number of benzene rings is 3. The standard InChI is InChI=1S/C21H13ClFNO2S/c22-17-9-4-10-18(23)16(17)12-24-20(25)19(27-21(24)26)11-14-7-3-6-13-5-1-2-8-15(13)14/h1-11H,12H2/b19-11+. The van der Waals surface area contributed by atoms with Crippen molar-refractivity contribution in [2.24, 2.45) is 0 Å². The fourth-order valence-electron chi connectivity index (χ4n) is 3.00. The van der Waals surface area contributed by atoms with Crippen LogP contribution in [-0.2, 0) is 11.3 Å². The summed E-state index contributed by atoms with van der Waals surface area (Å²) in [5.41, 5.74) is 0.982. The minimum Gasteiger partial charge on any atom is -0.268 e. The van der Waals surface area contributed by atoms with E-state index in [1.165, 1.54) is 18.2 Å². The summed E-state index contributed by atoms with van der Waals surface area (Å²) in [7, 11) is 0. The van der Waals surface area contributed by atoms with Gasteiger partial charge in [-0.05, 0) is 46.3 Å². The lowest BCUT2D eigenvalue weighted by Gasteiger charge is -2.14. The largest absolute Gasteiger partial charge is 0.293 e. The zero-order valence-electron chi connectivity index (χ0n) is 14.0. The predicted octanol–water partition coefficient (Wildman–Crippen LogP) is 5.87. The molecule has 1 aliphatic heterocycles. The Hall–Kier alpha value is -2.63. The first kappa shape index (κ1) is 17.8. The summed E-state index contributed by atoms with van der Waals surface area (Å²) in [5.74, 6) is -0.989. The third-order valence-corrected chi connectivity index (χ3v) is 5.62. The van der Waals surface area contributed by atoms with Crippen molar-refractivity contribution in [1.82, 2.24) is 4.90 Å². The van der Waals surface area contributed by atoms with Crippen molar-refractivity contribution in [3.8, 4) is 0 Å². The molecule has 0 unspecified atom stereocenters. The smallest absolute Gasteiger partial charge is 0.268 e. The van der Waals surface area contributed by atoms with Gasteiger partial charge < -0.3 is 0 Å². The molecule has 3 nitrogen and oxygen atoms in total. The van der Waals surface area contributed by atoms with Gasteiger partial charge in [-0.3, -0.25) is 14.5 Å². The number of carbonyl (C=O) groups excluding carboxylic acids is 2. The van der Waals surface area contributed by atoms with Gasteiger partial charge in [0.25, 0.3) is 11.1 Å². The maximum atomic E-state index is 14.0. The van der Waals surface area contributed by atoms with Crippen molar-refractivity contribution in [3.63, 3.8) is 0 Å².